The van der Waals surface area contributed by atoms with E-state index in [1.807, 2.05) is 6.07 Å². The number of rotatable bonds is 3. The molecule has 78 valence electrons. The van der Waals surface area contributed by atoms with Crippen LogP contribution in [-0.4, -0.2) is 26.8 Å². The Balaban J connectivity index is 2.28. The first-order valence-corrected chi connectivity index (χ1v) is 4.44. The number of nitrogens with two attached hydrogens (primary N) is 1. The Bertz CT molecular complexity index is 429. The molecule has 0 aliphatic heterocycles. The second-order valence-corrected chi connectivity index (χ2v) is 2.92. The summed E-state index contributed by atoms with van der Waals surface area (Å²) < 4.78 is 4.84. The third-order valence-corrected chi connectivity index (χ3v) is 1.84. The molecule has 0 radical (unpaired) electrons. The molecule has 0 saturated heterocycles. The number of hydrogen-bond acceptors (Lipinski definition) is 6. The number of hydrogen-bond donors (Lipinski definition) is 2. The molecule has 0 aromatic carbocycles. The standard InChI is InChI=1S/C9H10N4O2/c10-5-7(14)9-12-8(13-15-9)6-3-1-2-4-11-6/h1-4,7,14H,5,10H2. The van der Waals surface area contributed by atoms with Gasteiger partial charge in [-0.3, -0.25) is 4.98 Å². The summed E-state index contributed by atoms with van der Waals surface area (Å²) in [5.41, 5.74) is 5.85. The van der Waals surface area contributed by atoms with Crippen LogP contribution in [0, 0.1) is 0 Å². The van der Waals surface area contributed by atoms with E-state index in [1.54, 1.807) is 18.3 Å². The molecule has 6 nitrogen and oxygen atoms in total. The van der Waals surface area contributed by atoms with Crippen LogP contribution in [-0.2, 0) is 0 Å². The Labute approximate surface area is 85.8 Å². The van der Waals surface area contributed by atoms with Gasteiger partial charge in [-0.1, -0.05) is 11.2 Å². The summed E-state index contributed by atoms with van der Waals surface area (Å²) in [5.74, 6) is 0.455. The van der Waals surface area contributed by atoms with Gasteiger partial charge in [0.2, 0.25) is 5.82 Å². The van der Waals surface area contributed by atoms with Crippen molar-refractivity contribution in [2.24, 2.45) is 5.73 Å². The maximum Gasteiger partial charge on any atom is 0.257 e. The summed E-state index contributed by atoms with van der Waals surface area (Å²) in [7, 11) is 0. The Morgan fingerprint density at radius 1 is 1.47 bits per heavy atom. The van der Waals surface area contributed by atoms with Gasteiger partial charge in [0.1, 0.15) is 11.8 Å². The number of aliphatic hydroxyl groups excluding tert-OH is 1. The lowest BCUT2D eigenvalue weighted by Crippen LogP contribution is -2.11. The largest absolute Gasteiger partial charge is 0.382 e. The molecule has 0 spiro atoms. The Kier molecular flexibility index (Phi) is 2.70. The van der Waals surface area contributed by atoms with Crippen LogP contribution in [0.15, 0.2) is 28.9 Å². The highest BCUT2D eigenvalue weighted by atomic mass is 16.5. The highest BCUT2D eigenvalue weighted by molar-refractivity contribution is 5.47. The Morgan fingerprint density at radius 3 is 3.00 bits per heavy atom. The lowest BCUT2D eigenvalue weighted by molar-refractivity contribution is 0.141. The fourth-order valence-electron chi connectivity index (χ4n) is 1.07. The Morgan fingerprint density at radius 2 is 2.33 bits per heavy atom. The molecule has 0 aliphatic rings. The van der Waals surface area contributed by atoms with Crippen molar-refractivity contribution in [1.82, 2.24) is 15.1 Å². The Hall–Kier alpha value is -1.79. The normalized spacial score (nSPS) is 12.7. The molecule has 1 atom stereocenters. The zero-order valence-electron chi connectivity index (χ0n) is 7.87. The van der Waals surface area contributed by atoms with Crippen LogP contribution in [0.3, 0.4) is 0 Å². The van der Waals surface area contributed by atoms with E-state index >= 15 is 0 Å². The van der Waals surface area contributed by atoms with E-state index in [0.29, 0.717) is 11.5 Å². The van der Waals surface area contributed by atoms with E-state index < -0.39 is 6.10 Å². The maximum absolute atomic E-state index is 9.35. The minimum atomic E-state index is -0.921. The SMILES string of the molecule is NCC(O)c1nc(-c2ccccn2)no1. The van der Waals surface area contributed by atoms with Crippen molar-refractivity contribution in [3.8, 4) is 11.5 Å². The van der Waals surface area contributed by atoms with Crippen molar-refractivity contribution in [2.45, 2.75) is 6.10 Å². The number of pyridine rings is 1. The second-order valence-electron chi connectivity index (χ2n) is 2.92. The highest BCUT2D eigenvalue weighted by Crippen LogP contribution is 2.15. The van der Waals surface area contributed by atoms with Gasteiger partial charge < -0.3 is 15.4 Å². The topological polar surface area (TPSA) is 98.1 Å². The number of nitrogens with zero attached hydrogens (tertiary/aromatic N) is 3. The van der Waals surface area contributed by atoms with Gasteiger partial charge in [0, 0.05) is 12.7 Å². The van der Waals surface area contributed by atoms with E-state index in [2.05, 4.69) is 15.1 Å². The fourth-order valence-corrected chi connectivity index (χ4v) is 1.07. The van der Waals surface area contributed by atoms with Crippen LogP contribution >= 0.6 is 0 Å². The molecule has 2 aromatic rings. The van der Waals surface area contributed by atoms with E-state index in [0.717, 1.165) is 0 Å². The zero-order chi connectivity index (χ0) is 10.7. The molecule has 2 rings (SSSR count). The lowest BCUT2D eigenvalue weighted by Gasteiger charge is -1.97. The molecule has 6 heteroatoms. The third kappa shape index (κ3) is 2.00. The van der Waals surface area contributed by atoms with E-state index in [4.69, 9.17) is 10.3 Å². The van der Waals surface area contributed by atoms with Crippen molar-refractivity contribution in [3.63, 3.8) is 0 Å². The van der Waals surface area contributed by atoms with Gasteiger partial charge in [-0.15, -0.1) is 0 Å². The van der Waals surface area contributed by atoms with Gasteiger partial charge >= 0.3 is 0 Å². The molecule has 3 N–H and O–H groups in total. The summed E-state index contributed by atoms with van der Waals surface area (Å²) in [6.45, 7) is 0.0455. The molecule has 1 unspecified atom stereocenters. The first kappa shape index (κ1) is 9.75. The lowest BCUT2D eigenvalue weighted by atomic mass is 10.3. The summed E-state index contributed by atoms with van der Waals surface area (Å²) in [6, 6.07) is 5.36. The van der Waals surface area contributed by atoms with Crippen molar-refractivity contribution in [2.75, 3.05) is 6.54 Å². The molecule has 2 heterocycles. The van der Waals surface area contributed by atoms with E-state index in [9.17, 15) is 5.11 Å². The molecular formula is C9H10N4O2. The van der Waals surface area contributed by atoms with Crippen LogP contribution in [0.2, 0.25) is 0 Å². The fraction of sp³-hybridized carbons (Fsp3) is 0.222. The van der Waals surface area contributed by atoms with Crippen LogP contribution in [0.25, 0.3) is 11.5 Å². The predicted octanol–water partition coefficient (Wildman–Crippen LogP) is 0.124. The van der Waals surface area contributed by atoms with E-state index in [-0.39, 0.29) is 12.4 Å². The average molecular weight is 206 g/mol. The van der Waals surface area contributed by atoms with Gasteiger partial charge in [0.25, 0.3) is 5.89 Å². The van der Waals surface area contributed by atoms with Gasteiger partial charge in [-0.05, 0) is 12.1 Å². The van der Waals surface area contributed by atoms with Crippen LogP contribution < -0.4 is 5.73 Å². The van der Waals surface area contributed by atoms with Crippen molar-refractivity contribution in [1.29, 1.82) is 0 Å². The average Bonchev–Trinajstić information content (AvgIpc) is 2.78. The van der Waals surface area contributed by atoms with Crippen molar-refractivity contribution in [3.05, 3.63) is 30.3 Å². The van der Waals surface area contributed by atoms with Crippen LogP contribution in [0.5, 0.6) is 0 Å². The number of aliphatic hydroxyl groups is 1. The summed E-state index contributed by atoms with van der Waals surface area (Å²) >= 11 is 0. The maximum atomic E-state index is 9.35. The minimum absolute atomic E-state index is 0.0455. The molecule has 0 saturated carbocycles. The molecule has 0 bridgehead atoms. The first-order chi connectivity index (χ1) is 7.31. The second kappa shape index (κ2) is 4.16. The number of aromatic nitrogens is 3. The zero-order valence-corrected chi connectivity index (χ0v) is 7.87. The van der Waals surface area contributed by atoms with Crippen molar-refractivity contribution < 1.29 is 9.63 Å². The smallest absolute Gasteiger partial charge is 0.257 e. The molecule has 0 amide bonds. The molecule has 2 aromatic heterocycles. The summed E-state index contributed by atoms with van der Waals surface area (Å²) in [6.07, 6.45) is 0.708. The van der Waals surface area contributed by atoms with Gasteiger partial charge in [-0.2, -0.15) is 4.98 Å². The van der Waals surface area contributed by atoms with Gasteiger partial charge in [-0.25, -0.2) is 0 Å². The predicted molar refractivity (Wildman–Crippen MR) is 51.5 cm³/mol. The molecule has 0 aliphatic carbocycles. The van der Waals surface area contributed by atoms with Crippen LogP contribution in [0.1, 0.15) is 12.0 Å². The summed E-state index contributed by atoms with van der Waals surface area (Å²) in [4.78, 5) is 8.03. The molecule has 0 fully saturated rings. The first-order valence-electron chi connectivity index (χ1n) is 4.44. The highest BCUT2D eigenvalue weighted by Gasteiger charge is 2.15. The quantitative estimate of drug-likeness (QED) is 0.740. The van der Waals surface area contributed by atoms with Gasteiger partial charge in [0.15, 0.2) is 0 Å². The van der Waals surface area contributed by atoms with E-state index in [1.165, 1.54) is 0 Å². The van der Waals surface area contributed by atoms with Gasteiger partial charge in [0.05, 0.1) is 0 Å². The monoisotopic (exact) mass is 206 g/mol. The van der Waals surface area contributed by atoms with Crippen LogP contribution in [0.4, 0.5) is 0 Å². The summed E-state index contributed by atoms with van der Waals surface area (Å²) in [5, 5.41) is 13.0. The van der Waals surface area contributed by atoms with Crippen molar-refractivity contribution >= 4 is 0 Å². The molecular weight excluding hydrogens is 196 g/mol. The third-order valence-electron chi connectivity index (χ3n) is 1.84. The minimum Gasteiger partial charge on any atom is -0.382 e. The molecule has 15 heavy (non-hydrogen) atoms.